The summed E-state index contributed by atoms with van der Waals surface area (Å²) in [7, 11) is 0. The van der Waals surface area contributed by atoms with Gasteiger partial charge < -0.3 is 8.83 Å². The molecule has 0 fully saturated rings. The molecule has 0 spiro atoms. The van der Waals surface area contributed by atoms with Crippen LogP contribution in [0.3, 0.4) is 0 Å². The molecule has 0 saturated heterocycles. The number of pyridine rings is 1. The number of hydrogen-bond acceptors (Lipinski definition) is 7. The van der Waals surface area contributed by atoms with Gasteiger partial charge in [0.2, 0.25) is 23.6 Å². The van der Waals surface area contributed by atoms with Gasteiger partial charge in [0.15, 0.2) is 0 Å². The Morgan fingerprint density at radius 3 is 1.86 bits per heavy atom. The van der Waals surface area contributed by atoms with Gasteiger partial charge in [0, 0.05) is 28.3 Å². The Hall–Kier alpha value is -6.73. The third-order valence-corrected chi connectivity index (χ3v) is 8.36. The molecule has 0 aliphatic heterocycles. The van der Waals surface area contributed by atoms with Crippen LogP contribution in [0.4, 0.5) is 0 Å². The minimum atomic E-state index is 0.374. The lowest BCUT2D eigenvalue weighted by Gasteiger charge is -2.04. The molecule has 0 N–H and O–H groups in total. The Kier molecular flexibility index (Phi) is 7.76. The zero-order chi connectivity index (χ0) is 33.2. The van der Waals surface area contributed by atoms with Gasteiger partial charge in [-0.3, -0.25) is 4.98 Å². The molecule has 234 valence electrons. The highest BCUT2D eigenvalue weighted by Crippen LogP contribution is 2.30. The van der Waals surface area contributed by atoms with Crippen molar-refractivity contribution in [2.24, 2.45) is 0 Å². The second kappa shape index (κ2) is 12.8. The van der Waals surface area contributed by atoms with E-state index in [-0.39, 0.29) is 0 Å². The zero-order valence-electron chi connectivity index (χ0n) is 26.6. The van der Waals surface area contributed by atoms with Crippen molar-refractivity contribution in [3.63, 3.8) is 0 Å². The average Bonchev–Trinajstić information content (AvgIpc) is 3.86. The normalized spacial score (nSPS) is 12.1. The van der Waals surface area contributed by atoms with Gasteiger partial charge >= 0.3 is 0 Å². The lowest BCUT2D eigenvalue weighted by atomic mass is 10.0. The molecule has 49 heavy (non-hydrogen) atoms. The summed E-state index contributed by atoms with van der Waals surface area (Å²) in [5, 5.41) is 20.3. The van der Waals surface area contributed by atoms with Crippen LogP contribution in [0.15, 0.2) is 149 Å². The smallest absolute Gasteiger partial charge is 0.249 e. The second-order valence-corrected chi connectivity index (χ2v) is 11.6. The first-order chi connectivity index (χ1) is 24.1. The number of aromatic nitrogens is 5. The predicted octanol–water partition coefficient (Wildman–Crippen LogP) is 8.63. The highest BCUT2D eigenvalue weighted by molar-refractivity contribution is 5.87. The van der Waals surface area contributed by atoms with Crippen LogP contribution in [0, 0.1) is 0 Å². The maximum absolute atomic E-state index is 6.18. The minimum Gasteiger partial charge on any atom is -0.416 e. The van der Waals surface area contributed by atoms with Crippen LogP contribution in [0.5, 0.6) is 0 Å². The fraction of sp³-hybridized carbons (Fsp3) is 0.0238. The summed E-state index contributed by atoms with van der Waals surface area (Å²) in [5.74, 6) is 1.55. The molecule has 0 aliphatic carbocycles. The lowest BCUT2D eigenvalue weighted by molar-refractivity contribution is 0.555. The summed E-state index contributed by atoms with van der Waals surface area (Å²) < 4.78 is 12.3. The summed E-state index contributed by atoms with van der Waals surface area (Å²) in [6.45, 7) is 6.17. The van der Waals surface area contributed by atoms with E-state index in [4.69, 9.17) is 8.83 Å². The van der Waals surface area contributed by atoms with Gasteiger partial charge in [0.05, 0.1) is 11.1 Å². The van der Waals surface area contributed by atoms with Crippen LogP contribution in [-0.2, 0) is 0 Å². The Morgan fingerprint density at radius 2 is 1.14 bits per heavy atom. The van der Waals surface area contributed by atoms with Gasteiger partial charge in [-0.05, 0) is 88.2 Å². The van der Waals surface area contributed by atoms with Gasteiger partial charge in [-0.1, -0.05) is 97.6 Å². The molecule has 3 aromatic heterocycles. The van der Waals surface area contributed by atoms with Crippen molar-refractivity contribution in [3.8, 4) is 56.6 Å². The van der Waals surface area contributed by atoms with Crippen molar-refractivity contribution in [3.05, 3.63) is 156 Å². The third kappa shape index (κ3) is 6.08. The van der Waals surface area contributed by atoms with Gasteiger partial charge in [-0.2, -0.15) is 0 Å². The molecule has 3 heterocycles. The van der Waals surface area contributed by atoms with E-state index < -0.39 is 0 Å². The van der Waals surface area contributed by atoms with Crippen LogP contribution < -0.4 is 10.4 Å². The monoisotopic (exact) mass is 635 g/mol. The first kappa shape index (κ1) is 29.7. The van der Waals surface area contributed by atoms with E-state index in [1.807, 2.05) is 97.9 Å². The SMILES string of the molecule is C=c1ccc(-c2ccccc2)c/c1=C/C(=C\C)c1nnc(-c2cccc(-c3nnc(-c4cnc5ccc(-c6ccccc6)cc5c4)o3)c2)o1. The highest BCUT2D eigenvalue weighted by atomic mass is 16.4. The molecule has 7 heteroatoms. The van der Waals surface area contributed by atoms with Crippen LogP contribution in [0.1, 0.15) is 12.8 Å². The van der Waals surface area contributed by atoms with Crippen LogP contribution in [0.2, 0.25) is 0 Å². The minimum absolute atomic E-state index is 0.374. The lowest BCUT2D eigenvalue weighted by Crippen LogP contribution is -2.22. The second-order valence-electron chi connectivity index (χ2n) is 11.6. The molecule has 0 atom stereocenters. The Morgan fingerprint density at radius 1 is 0.551 bits per heavy atom. The van der Waals surface area contributed by atoms with E-state index in [9.17, 15) is 0 Å². The number of rotatable bonds is 7. The van der Waals surface area contributed by atoms with Crippen LogP contribution >= 0.6 is 0 Å². The summed E-state index contributed by atoms with van der Waals surface area (Å²) >= 11 is 0. The van der Waals surface area contributed by atoms with Crippen LogP contribution in [0.25, 0.3) is 85.7 Å². The summed E-state index contributed by atoms with van der Waals surface area (Å²) in [6.07, 6.45) is 5.72. The topological polar surface area (TPSA) is 90.7 Å². The number of nitrogens with zero attached hydrogens (tertiary/aromatic N) is 5. The van der Waals surface area contributed by atoms with Crippen molar-refractivity contribution in [1.29, 1.82) is 0 Å². The largest absolute Gasteiger partial charge is 0.416 e. The van der Waals surface area contributed by atoms with E-state index in [1.54, 1.807) is 6.20 Å². The quantitative estimate of drug-likeness (QED) is 0.173. The standard InChI is InChI=1S/C42H29N5O2/c1-3-28(21-35-22-31(18-17-27(35)2)29-11-6-4-7-12-29)39-44-45-40(48-39)33-15-10-16-34(24-33)41-46-47-42(49-41)37-25-36-23-32(19-20-38(36)43-26-37)30-13-8-5-9-14-30/h3-26H,2H2,1H3/b28-3+,35-21-. The molecule has 0 amide bonds. The van der Waals surface area contributed by atoms with Gasteiger partial charge in [0.25, 0.3) is 0 Å². The fourth-order valence-electron chi connectivity index (χ4n) is 5.73. The summed E-state index contributed by atoms with van der Waals surface area (Å²) in [5.41, 5.74) is 8.39. The predicted molar refractivity (Wildman–Crippen MR) is 194 cm³/mol. The van der Waals surface area contributed by atoms with Crippen molar-refractivity contribution in [2.75, 3.05) is 0 Å². The number of allylic oxidation sites excluding steroid dienone is 2. The van der Waals surface area contributed by atoms with E-state index in [2.05, 4.69) is 80.5 Å². The molecule has 0 radical (unpaired) electrons. The van der Waals surface area contributed by atoms with Crippen molar-refractivity contribution in [1.82, 2.24) is 25.4 Å². The molecule has 0 saturated carbocycles. The molecule has 8 rings (SSSR count). The van der Waals surface area contributed by atoms with Crippen molar-refractivity contribution >= 4 is 29.1 Å². The maximum Gasteiger partial charge on any atom is 0.249 e. The van der Waals surface area contributed by atoms with E-state index in [0.29, 0.717) is 23.6 Å². The first-order valence-electron chi connectivity index (χ1n) is 15.9. The molecule has 7 nitrogen and oxygen atoms in total. The highest BCUT2D eigenvalue weighted by Gasteiger charge is 2.16. The number of hydrogen-bond donors (Lipinski definition) is 0. The molecule has 8 aromatic rings. The molecule has 0 unspecified atom stereocenters. The summed E-state index contributed by atoms with van der Waals surface area (Å²) in [6, 6.07) is 42.6. The molecule has 5 aromatic carbocycles. The summed E-state index contributed by atoms with van der Waals surface area (Å²) in [4.78, 5) is 4.63. The van der Waals surface area contributed by atoms with E-state index in [1.165, 1.54) is 0 Å². The average molecular weight is 636 g/mol. The van der Waals surface area contributed by atoms with E-state index in [0.717, 1.165) is 65.9 Å². The Bertz CT molecular complexity index is 2590. The van der Waals surface area contributed by atoms with Gasteiger partial charge in [0.1, 0.15) is 0 Å². The van der Waals surface area contributed by atoms with E-state index >= 15 is 0 Å². The molecular weight excluding hydrogens is 606 g/mol. The molecule has 0 bridgehead atoms. The zero-order valence-corrected chi connectivity index (χ0v) is 26.6. The Labute approximate surface area is 282 Å². The Balaban J connectivity index is 1.06. The number of benzene rings is 5. The third-order valence-electron chi connectivity index (χ3n) is 8.36. The fourth-order valence-corrected chi connectivity index (χ4v) is 5.73. The maximum atomic E-state index is 6.18. The van der Waals surface area contributed by atoms with Crippen molar-refractivity contribution < 1.29 is 8.83 Å². The first-order valence-corrected chi connectivity index (χ1v) is 15.9. The molecular formula is C42H29N5O2. The van der Waals surface area contributed by atoms with Gasteiger partial charge in [-0.25, -0.2) is 0 Å². The molecule has 0 aliphatic rings. The number of fused-ring (bicyclic) bond motifs is 1. The van der Waals surface area contributed by atoms with Crippen molar-refractivity contribution in [2.45, 2.75) is 6.92 Å². The van der Waals surface area contributed by atoms with Crippen LogP contribution in [-0.4, -0.2) is 25.4 Å². The van der Waals surface area contributed by atoms with Gasteiger partial charge in [-0.15, -0.1) is 20.4 Å².